The Morgan fingerprint density at radius 1 is 0.706 bits per heavy atom. The first-order valence-electron chi connectivity index (χ1n) is 10.8. The molecule has 0 aromatic heterocycles. The van der Waals surface area contributed by atoms with Gasteiger partial charge in [0.15, 0.2) is 5.11 Å². The molecule has 6 heteroatoms. The fourth-order valence-electron chi connectivity index (χ4n) is 3.72. The molecule has 0 radical (unpaired) electrons. The van der Waals surface area contributed by atoms with E-state index in [4.69, 9.17) is 12.2 Å². The first-order chi connectivity index (χ1) is 16.6. The molecule has 3 N–H and O–H groups in total. The van der Waals surface area contributed by atoms with Gasteiger partial charge in [-0.15, -0.1) is 0 Å². The number of hydrazine groups is 1. The van der Waals surface area contributed by atoms with E-state index in [1.807, 2.05) is 103 Å². The maximum atomic E-state index is 13.0. The number of nitrogens with one attached hydrogen (secondary N) is 3. The molecule has 0 unspecified atom stereocenters. The molecule has 168 valence electrons. The fourth-order valence-corrected chi connectivity index (χ4v) is 3.87. The maximum Gasteiger partial charge on any atom is 0.250 e. The van der Waals surface area contributed by atoms with Crippen LogP contribution in [0.1, 0.15) is 22.6 Å². The Morgan fingerprint density at radius 2 is 1.29 bits per heavy atom. The fraction of sp³-hybridized carbons (Fsp3) is 0.0357. The number of thiocarbonyl (C=S) groups is 1. The van der Waals surface area contributed by atoms with Crippen LogP contribution < -0.4 is 16.2 Å². The highest BCUT2D eigenvalue weighted by Gasteiger charge is 2.22. The number of hydrogen-bond donors (Lipinski definition) is 3. The molecular formula is C28H23N3O2S. The quantitative estimate of drug-likeness (QED) is 0.227. The van der Waals surface area contributed by atoms with Gasteiger partial charge < -0.3 is 0 Å². The van der Waals surface area contributed by atoms with Crippen LogP contribution in [0.3, 0.4) is 0 Å². The monoisotopic (exact) mass is 465 g/mol. The first-order valence-corrected chi connectivity index (χ1v) is 11.2. The second kappa shape index (κ2) is 11.0. The van der Waals surface area contributed by atoms with Gasteiger partial charge in [-0.1, -0.05) is 103 Å². The number of benzene rings is 4. The Morgan fingerprint density at radius 3 is 1.97 bits per heavy atom. The van der Waals surface area contributed by atoms with Crippen molar-refractivity contribution < 1.29 is 9.59 Å². The van der Waals surface area contributed by atoms with Crippen molar-refractivity contribution in [1.29, 1.82) is 0 Å². The third kappa shape index (κ3) is 5.74. The van der Waals surface area contributed by atoms with Crippen molar-refractivity contribution in [3.8, 4) is 0 Å². The number of hydrogen-bond acceptors (Lipinski definition) is 3. The lowest BCUT2D eigenvalue weighted by atomic mass is 9.91. The van der Waals surface area contributed by atoms with Crippen LogP contribution in [0.25, 0.3) is 16.8 Å². The molecule has 0 aliphatic carbocycles. The van der Waals surface area contributed by atoms with Gasteiger partial charge >= 0.3 is 0 Å². The van der Waals surface area contributed by atoms with Crippen molar-refractivity contribution >= 4 is 46.0 Å². The average Bonchev–Trinajstić information content (AvgIpc) is 2.87. The molecule has 2 amide bonds. The van der Waals surface area contributed by atoms with Crippen LogP contribution in [-0.2, 0) is 9.59 Å². The summed E-state index contributed by atoms with van der Waals surface area (Å²) in [7, 11) is 0. The van der Waals surface area contributed by atoms with Gasteiger partial charge in [0, 0.05) is 6.08 Å². The van der Waals surface area contributed by atoms with E-state index in [1.54, 1.807) is 6.08 Å². The Balaban J connectivity index is 1.37. The molecule has 0 aliphatic heterocycles. The summed E-state index contributed by atoms with van der Waals surface area (Å²) in [6.07, 6.45) is 3.15. The van der Waals surface area contributed by atoms with Crippen LogP contribution in [0.4, 0.5) is 0 Å². The molecule has 0 heterocycles. The highest BCUT2D eigenvalue weighted by atomic mass is 32.1. The third-order valence-electron chi connectivity index (χ3n) is 5.30. The van der Waals surface area contributed by atoms with Crippen LogP contribution in [0, 0.1) is 0 Å². The van der Waals surface area contributed by atoms with E-state index in [0.717, 1.165) is 27.5 Å². The maximum absolute atomic E-state index is 13.0. The van der Waals surface area contributed by atoms with Gasteiger partial charge in [-0.2, -0.15) is 0 Å². The Kier molecular flexibility index (Phi) is 7.42. The van der Waals surface area contributed by atoms with E-state index in [1.165, 1.54) is 6.08 Å². The van der Waals surface area contributed by atoms with Crippen molar-refractivity contribution in [3.05, 3.63) is 126 Å². The smallest absolute Gasteiger partial charge is 0.250 e. The van der Waals surface area contributed by atoms with Crippen molar-refractivity contribution in [1.82, 2.24) is 16.2 Å². The van der Waals surface area contributed by atoms with Crippen LogP contribution in [-0.4, -0.2) is 16.9 Å². The minimum absolute atomic E-state index is 0.000734. The summed E-state index contributed by atoms with van der Waals surface area (Å²) in [5.74, 6) is -1.22. The summed E-state index contributed by atoms with van der Waals surface area (Å²) in [5.41, 5.74) is 7.86. The van der Waals surface area contributed by atoms with Crippen molar-refractivity contribution in [3.63, 3.8) is 0 Å². The molecular weight excluding hydrogens is 442 g/mol. The van der Waals surface area contributed by atoms with E-state index in [9.17, 15) is 9.59 Å². The zero-order valence-electron chi connectivity index (χ0n) is 18.3. The lowest BCUT2D eigenvalue weighted by molar-refractivity contribution is -0.122. The predicted octanol–water partition coefficient (Wildman–Crippen LogP) is 4.71. The highest BCUT2D eigenvalue weighted by Crippen LogP contribution is 2.24. The molecule has 0 saturated heterocycles. The minimum atomic E-state index is -0.528. The molecule has 0 bridgehead atoms. The van der Waals surface area contributed by atoms with Crippen molar-refractivity contribution in [2.45, 2.75) is 5.92 Å². The van der Waals surface area contributed by atoms with E-state index in [0.29, 0.717) is 0 Å². The van der Waals surface area contributed by atoms with Gasteiger partial charge in [-0.3, -0.25) is 25.8 Å². The first kappa shape index (κ1) is 22.9. The van der Waals surface area contributed by atoms with Gasteiger partial charge in [0.1, 0.15) is 0 Å². The standard InChI is InChI=1S/C28H23N3O2S/c32-25(19-18-21-16-9-15-20-10-7-8-17-24(20)21)29-28(34)31-30-27(33)26(22-11-3-1-4-12-22)23-13-5-2-6-14-23/h1-19,26H,(H,30,33)(H2,29,31,32,34). The summed E-state index contributed by atoms with van der Waals surface area (Å²) >= 11 is 5.18. The summed E-state index contributed by atoms with van der Waals surface area (Å²) in [6, 6.07) is 32.8. The Hall–Kier alpha value is -4.29. The molecule has 34 heavy (non-hydrogen) atoms. The van der Waals surface area contributed by atoms with E-state index in [-0.39, 0.29) is 11.0 Å². The predicted molar refractivity (Wildman–Crippen MR) is 140 cm³/mol. The van der Waals surface area contributed by atoms with Gasteiger partial charge in [-0.05, 0) is 45.8 Å². The summed E-state index contributed by atoms with van der Waals surface area (Å²) < 4.78 is 0. The van der Waals surface area contributed by atoms with Crippen molar-refractivity contribution in [2.75, 3.05) is 0 Å². The van der Waals surface area contributed by atoms with Crippen molar-refractivity contribution in [2.24, 2.45) is 0 Å². The normalized spacial score (nSPS) is 10.9. The van der Waals surface area contributed by atoms with Crippen LogP contribution >= 0.6 is 12.2 Å². The average molecular weight is 466 g/mol. The summed E-state index contributed by atoms with van der Waals surface area (Å²) in [4.78, 5) is 25.4. The topological polar surface area (TPSA) is 70.2 Å². The van der Waals surface area contributed by atoms with Gasteiger partial charge in [0.05, 0.1) is 5.92 Å². The Labute approximate surface area is 203 Å². The molecule has 0 aliphatic rings. The summed E-state index contributed by atoms with van der Waals surface area (Å²) in [6.45, 7) is 0. The molecule has 4 rings (SSSR count). The van der Waals surface area contributed by atoms with E-state index < -0.39 is 11.8 Å². The second-order valence-corrected chi connectivity index (χ2v) is 8.00. The zero-order chi connectivity index (χ0) is 23.8. The largest absolute Gasteiger partial charge is 0.298 e. The van der Waals surface area contributed by atoms with Crippen LogP contribution in [0.2, 0.25) is 0 Å². The molecule has 0 atom stereocenters. The molecule has 0 fully saturated rings. The van der Waals surface area contributed by atoms with Gasteiger partial charge in [-0.25, -0.2) is 0 Å². The zero-order valence-corrected chi connectivity index (χ0v) is 19.1. The lowest BCUT2D eigenvalue weighted by Gasteiger charge is -2.18. The molecule has 4 aromatic carbocycles. The minimum Gasteiger partial charge on any atom is -0.298 e. The van der Waals surface area contributed by atoms with E-state index in [2.05, 4.69) is 16.2 Å². The molecule has 0 saturated carbocycles. The number of rotatable bonds is 5. The van der Waals surface area contributed by atoms with Crippen LogP contribution in [0.5, 0.6) is 0 Å². The van der Waals surface area contributed by atoms with Gasteiger partial charge in [0.25, 0.3) is 0 Å². The summed E-state index contributed by atoms with van der Waals surface area (Å²) in [5, 5.41) is 4.70. The van der Waals surface area contributed by atoms with E-state index >= 15 is 0 Å². The highest BCUT2D eigenvalue weighted by molar-refractivity contribution is 7.80. The molecule has 0 spiro atoms. The van der Waals surface area contributed by atoms with Gasteiger partial charge in [0.2, 0.25) is 11.8 Å². The number of carbonyl (C=O) groups excluding carboxylic acids is 2. The van der Waals surface area contributed by atoms with Crippen LogP contribution in [0.15, 0.2) is 109 Å². The number of carbonyl (C=O) groups is 2. The SMILES string of the molecule is O=C(C=Cc1cccc2ccccc12)NC(=S)NNC(=O)C(c1ccccc1)c1ccccc1. The number of fused-ring (bicyclic) bond motifs is 1. The number of amides is 2. The lowest BCUT2D eigenvalue weighted by Crippen LogP contribution is -2.49. The molecule has 4 aromatic rings. The Bertz CT molecular complexity index is 1290. The molecule has 5 nitrogen and oxygen atoms in total. The second-order valence-electron chi connectivity index (χ2n) is 7.59. The third-order valence-corrected chi connectivity index (χ3v) is 5.51.